The van der Waals surface area contributed by atoms with Crippen LogP contribution in [0.15, 0.2) is 29.1 Å². The minimum absolute atomic E-state index is 0.00102. The van der Waals surface area contributed by atoms with Crippen LogP contribution >= 0.6 is 0 Å². The third-order valence-electron chi connectivity index (χ3n) is 7.80. The average molecular weight is 449 g/mol. The number of hydrogen-bond donors (Lipinski definition) is 0. The van der Waals surface area contributed by atoms with Crippen LogP contribution in [0.3, 0.4) is 0 Å². The summed E-state index contributed by atoms with van der Waals surface area (Å²) < 4.78 is 47.3. The Labute approximate surface area is 183 Å². The van der Waals surface area contributed by atoms with Crippen molar-refractivity contribution in [1.82, 2.24) is 14.3 Å². The zero-order valence-corrected chi connectivity index (χ0v) is 18.3. The normalized spacial score (nSPS) is 27.9. The number of esters is 1. The molecule has 1 saturated heterocycles. The first-order valence-corrected chi connectivity index (χ1v) is 11.0. The van der Waals surface area contributed by atoms with Gasteiger partial charge in [0.15, 0.2) is 0 Å². The number of carbonyl (C=O) groups excluding carboxylic acids is 1. The lowest BCUT2D eigenvalue weighted by Gasteiger charge is -2.46. The summed E-state index contributed by atoms with van der Waals surface area (Å²) in [5.74, 6) is 0.266. The fourth-order valence-corrected chi connectivity index (χ4v) is 5.38. The summed E-state index contributed by atoms with van der Waals surface area (Å²) in [6.45, 7) is 6.13. The molecule has 0 radical (unpaired) electrons. The molecular formula is C23H26F3N3O3. The Kier molecular flexibility index (Phi) is 4.46. The van der Waals surface area contributed by atoms with Gasteiger partial charge in [-0.05, 0) is 56.7 Å². The molecule has 32 heavy (non-hydrogen) atoms. The molecule has 1 aromatic heterocycles. The summed E-state index contributed by atoms with van der Waals surface area (Å²) in [5, 5.41) is 4.52. The second-order valence-corrected chi connectivity index (χ2v) is 10.0. The molecule has 9 heteroatoms. The van der Waals surface area contributed by atoms with Crippen molar-refractivity contribution in [3.05, 3.63) is 51.7 Å². The van der Waals surface area contributed by atoms with Crippen LogP contribution in [-0.4, -0.2) is 25.9 Å². The molecule has 2 fully saturated rings. The lowest BCUT2D eigenvalue weighted by atomic mass is 9.72. The zero-order valence-electron chi connectivity index (χ0n) is 18.3. The molecular weight excluding hydrogens is 423 g/mol. The molecule has 1 aliphatic carbocycles. The molecule has 0 spiro atoms. The lowest BCUT2D eigenvalue weighted by molar-refractivity contribution is -0.186. The molecule has 3 atom stereocenters. The van der Waals surface area contributed by atoms with E-state index in [9.17, 15) is 22.8 Å². The summed E-state index contributed by atoms with van der Waals surface area (Å²) in [5.41, 5.74) is -1.26. The monoisotopic (exact) mass is 449 g/mol. The number of cyclic esters (lactones) is 1. The van der Waals surface area contributed by atoms with Gasteiger partial charge in [0.05, 0.1) is 12.1 Å². The molecule has 0 N–H and O–H groups in total. The highest BCUT2D eigenvalue weighted by molar-refractivity contribution is 5.76. The maximum absolute atomic E-state index is 13.3. The van der Waals surface area contributed by atoms with E-state index >= 15 is 0 Å². The third kappa shape index (κ3) is 3.19. The molecule has 172 valence electrons. The summed E-state index contributed by atoms with van der Waals surface area (Å²) in [6.07, 6.45) is -1.49. The second-order valence-electron chi connectivity index (χ2n) is 10.0. The van der Waals surface area contributed by atoms with Gasteiger partial charge in [-0.2, -0.15) is 18.3 Å². The van der Waals surface area contributed by atoms with E-state index in [0.29, 0.717) is 12.2 Å². The van der Waals surface area contributed by atoms with Crippen LogP contribution in [0.25, 0.3) is 0 Å². The van der Waals surface area contributed by atoms with Crippen molar-refractivity contribution in [3.63, 3.8) is 0 Å². The minimum Gasteiger partial charge on any atom is -0.458 e. The number of alkyl halides is 3. The first-order chi connectivity index (χ1) is 14.9. The fourth-order valence-electron chi connectivity index (χ4n) is 5.38. The Morgan fingerprint density at radius 3 is 2.41 bits per heavy atom. The molecule has 0 bridgehead atoms. The van der Waals surface area contributed by atoms with Crippen molar-refractivity contribution in [1.29, 1.82) is 0 Å². The number of halogens is 3. The van der Waals surface area contributed by atoms with Crippen LogP contribution in [0.2, 0.25) is 0 Å². The molecule has 2 aromatic rings. The maximum Gasteiger partial charge on any atom is 0.416 e. The van der Waals surface area contributed by atoms with Crippen molar-refractivity contribution < 1.29 is 22.7 Å². The van der Waals surface area contributed by atoms with Crippen LogP contribution in [0.1, 0.15) is 63.0 Å². The van der Waals surface area contributed by atoms with E-state index in [-0.39, 0.29) is 24.1 Å². The van der Waals surface area contributed by atoms with Gasteiger partial charge >= 0.3 is 17.8 Å². The van der Waals surface area contributed by atoms with E-state index in [1.165, 1.54) is 21.4 Å². The number of nitrogens with zero attached hydrogens (tertiary/aromatic N) is 3. The van der Waals surface area contributed by atoms with Crippen LogP contribution in [0.5, 0.6) is 0 Å². The van der Waals surface area contributed by atoms with Gasteiger partial charge in [0, 0.05) is 17.8 Å². The number of rotatable bonds is 3. The summed E-state index contributed by atoms with van der Waals surface area (Å²) in [4.78, 5) is 26.1. The zero-order chi connectivity index (χ0) is 23.1. The van der Waals surface area contributed by atoms with Gasteiger partial charge in [-0.1, -0.05) is 19.1 Å². The highest BCUT2D eigenvalue weighted by Gasteiger charge is 2.52. The predicted octanol–water partition coefficient (Wildman–Crippen LogP) is 3.87. The van der Waals surface area contributed by atoms with Gasteiger partial charge < -0.3 is 4.74 Å². The van der Waals surface area contributed by atoms with Crippen molar-refractivity contribution in [2.75, 3.05) is 0 Å². The van der Waals surface area contributed by atoms with Gasteiger partial charge in [-0.25, -0.2) is 14.3 Å². The van der Waals surface area contributed by atoms with Crippen molar-refractivity contribution in [3.8, 4) is 0 Å². The standard InChI is InChI=1S/C23H26F3N3O3/c1-13-16-8-9-17-27-28(20(31)29(17)18(16)19(30)32-21(13,2)3)12-22(10-11-22)14-4-6-15(7-5-14)23(24,25)26/h4-7,13,16,18H,8-12H2,1-3H3/t13?,16?,18-/m0/s1. The van der Waals surface area contributed by atoms with Gasteiger partial charge in [0.2, 0.25) is 0 Å². The second kappa shape index (κ2) is 6.71. The van der Waals surface area contributed by atoms with Gasteiger partial charge in [0.1, 0.15) is 17.5 Å². The van der Waals surface area contributed by atoms with Gasteiger partial charge in [0.25, 0.3) is 0 Å². The number of aromatic nitrogens is 3. The Bertz CT molecular complexity index is 1130. The number of aryl methyl sites for hydroxylation is 1. The smallest absolute Gasteiger partial charge is 0.416 e. The molecule has 3 aliphatic rings. The fraction of sp³-hybridized carbons (Fsp3) is 0.609. The first kappa shape index (κ1) is 21.3. The molecule has 0 amide bonds. The Morgan fingerprint density at radius 1 is 1.16 bits per heavy atom. The van der Waals surface area contributed by atoms with Crippen molar-refractivity contribution in [2.45, 2.75) is 76.2 Å². The van der Waals surface area contributed by atoms with Gasteiger partial charge in [-0.3, -0.25) is 4.57 Å². The lowest BCUT2D eigenvalue weighted by Crippen LogP contribution is -2.54. The van der Waals surface area contributed by atoms with Gasteiger partial charge in [-0.15, -0.1) is 0 Å². The quantitative estimate of drug-likeness (QED) is 0.668. The van der Waals surface area contributed by atoms with Crippen LogP contribution in [0.4, 0.5) is 13.2 Å². The number of carbonyl (C=O) groups is 1. The van der Waals surface area contributed by atoms with E-state index in [1.54, 1.807) is 0 Å². The van der Waals surface area contributed by atoms with Crippen LogP contribution in [0, 0.1) is 11.8 Å². The summed E-state index contributed by atoms with van der Waals surface area (Å²) >= 11 is 0. The number of fused-ring (bicyclic) bond motifs is 3. The predicted molar refractivity (Wildman–Crippen MR) is 109 cm³/mol. The SMILES string of the molecule is CC1C2CCc3nn(CC4(c5ccc(C(F)(F)F)cc5)CC4)c(=O)n3[C@@H]2C(=O)OC1(C)C. The molecule has 1 aromatic carbocycles. The molecule has 6 nitrogen and oxygen atoms in total. The van der Waals surface area contributed by atoms with Crippen molar-refractivity contribution in [2.24, 2.45) is 11.8 Å². The molecule has 1 saturated carbocycles. The van der Waals surface area contributed by atoms with E-state index in [1.807, 2.05) is 20.8 Å². The molecule has 5 rings (SSSR count). The Balaban J connectivity index is 1.45. The summed E-state index contributed by atoms with van der Waals surface area (Å²) in [7, 11) is 0. The molecule has 2 unspecified atom stereocenters. The number of hydrogen-bond acceptors (Lipinski definition) is 4. The van der Waals surface area contributed by atoms with Crippen LogP contribution < -0.4 is 5.69 Å². The average Bonchev–Trinajstić information content (AvgIpc) is 3.44. The largest absolute Gasteiger partial charge is 0.458 e. The highest BCUT2D eigenvalue weighted by atomic mass is 19.4. The summed E-state index contributed by atoms with van der Waals surface area (Å²) in [6, 6.07) is 4.48. The Hall–Kier alpha value is -2.58. The topological polar surface area (TPSA) is 66.1 Å². The number of ether oxygens (including phenoxy) is 1. The first-order valence-electron chi connectivity index (χ1n) is 11.0. The Morgan fingerprint density at radius 2 is 1.81 bits per heavy atom. The van der Waals surface area contributed by atoms with E-state index in [2.05, 4.69) is 5.10 Å². The van der Waals surface area contributed by atoms with E-state index in [4.69, 9.17) is 4.74 Å². The number of benzene rings is 1. The molecule has 3 heterocycles. The maximum atomic E-state index is 13.3. The highest BCUT2D eigenvalue weighted by Crippen LogP contribution is 2.50. The molecule has 2 aliphatic heterocycles. The minimum atomic E-state index is -4.38. The third-order valence-corrected chi connectivity index (χ3v) is 7.80. The van der Waals surface area contributed by atoms with E-state index < -0.39 is 34.8 Å². The van der Waals surface area contributed by atoms with E-state index in [0.717, 1.165) is 37.0 Å². The van der Waals surface area contributed by atoms with Crippen LogP contribution in [-0.2, 0) is 34.1 Å². The van der Waals surface area contributed by atoms with Crippen molar-refractivity contribution >= 4 is 5.97 Å².